The van der Waals surface area contributed by atoms with E-state index in [1.165, 1.54) is 18.6 Å². The number of rotatable bonds is 4. The molecule has 0 aromatic carbocycles. The molecule has 0 spiro atoms. The van der Waals surface area contributed by atoms with Gasteiger partial charge in [0, 0.05) is 11.3 Å². The van der Waals surface area contributed by atoms with E-state index in [0.717, 1.165) is 23.1 Å². The fraction of sp³-hybridized carbons (Fsp3) is 0.750. The van der Waals surface area contributed by atoms with Crippen molar-refractivity contribution in [3.05, 3.63) is 16.4 Å². The van der Waals surface area contributed by atoms with Crippen LogP contribution in [0.15, 0.2) is 10.7 Å². The average molecular weight is 318 g/mol. The lowest BCUT2D eigenvalue weighted by Crippen LogP contribution is -2.35. The third-order valence-electron chi connectivity index (χ3n) is 3.47. The molecule has 5 heteroatoms. The van der Waals surface area contributed by atoms with Crippen LogP contribution in [0.3, 0.4) is 0 Å². The van der Waals surface area contributed by atoms with Gasteiger partial charge in [0.2, 0.25) is 0 Å². The number of nitrogens with zero attached hydrogens (tertiary/aromatic N) is 2. The van der Waals surface area contributed by atoms with Crippen LogP contribution in [0.2, 0.25) is 0 Å². The van der Waals surface area contributed by atoms with Crippen LogP contribution in [0, 0.1) is 0 Å². The van der Waals surface area contributed by atoms with Gasteiger partial charge < -0.3 is 5.73 Å². The molecule has 1 aliphatic heterocycles. The molecule has 2 unspecified atom stereocenters. The van der Waals surface area contributed by atoms with Gasteiger partial charge in [0.15, 0.2) is 0 Å². The highest BCUT2D eigenvalue weighted by Crippen LogP contribution is 2.46. The van der Waals surface area contributed by atoms with Crippen LogP contribution >= 0.6 is 27.7 Å². The predicted molar refractivity (Wildman–Crippen MR) is 77.2 cm³/mol. The summed E-state index contributed by atoms with van der Waals surface area (Å²) in [4.78, 5) is 0. The van der Waals surface area contributed by atoms with Crippen LogP contribution in [-0.2, 0) is 6.54 Å². The Morgan fingerprint density at radius 2 is 2.47 bits per heavy atom. The second kappa shape index (κ2) is 5.33. The zero-order valence-electron chi connectivity index (χ0n) is 10.4. The maximum Gasteiger partial charge on any atom is 0.0707 e. The Balaban J connectivity index is 2.29. The number of hydrogen-bond acceptors (Lipinski definition) is 3. The summed E-state index contributed by atoms with van der Waals surface area (Å²) in [5.41, 5.74) is 7.66. The molecular formula is C12H20BrN3S. The summed E-state index contributed by atoms with van der Waals surface area (Å²) in [6, 6.07) is 0.0541. The van der Waals surface area contributed by atoms with Gasteiger partial charge in [-0.15, -0.1) is 0 Å². The Morgan fingerprint density at radius 3 is 3.06 bits per heavy atom. The zero-order chi connectivity index (χ0) is 12.5. The smallest absolute Gasteiger partial charge is 0.0707 e. The van der Waals surface area contributed by atoms with Crippen LogP contribution < -0.4 is 5.73 Å². The van der Waals surface area contributed by atoms with E-state index in [-0.39, 0.29) is 10.8 Å². The van der Waals surface area contributed by atoms with Crippen LogP contribution in [-0.4, -0.2) is 20.3 Å². The van der Waals surface area contributed by atoms with E-state index < -0.39 is 0 Å². The Bertz CT molecular complexity index is 385. The van der Waals surface area contributed by atoms with Gasteiger partial charge in [0.05, 0.1) is 22.4 Å². The molecule has 1 aromatic heterocycles. The summed E-state index contributed by atoms with van der Waals surface area (Å²) in [5, 5.41) is 4.41. The molecule has 0 bridgehead atoms. The highest BCUT2D eigenvalue weighted by Gasteiger charge is 2.39. The van der Waals surface area contributed by atoms with E-state index in [0.29, 0.717) is 0 Å². The van der Waals surface area contributed by atoms with E-state index in [4.69, 9.17) is 5.73 Å². The van der Waals surface area contributed by atoms with Crippen molar-refractivity contribution >= 4 is 27.7 Å². The Hall–Kier alpha value is -0.0000000000000000555. The van der Waals surface area contributed by atoms with Crippen molar-refractivity contribution in [1.82, 2.24) is 9.78 Å². The summed E-state index contributed by atoms with van der Waals surface area (Å²) < 4.78 is 3.26. The van der Waals surface area contributed by atoms with Crippen LogP contribution in [0.4, 0.5) is 0 Å². The fourth-order valence-electron chi connectivity index (χ4n) is 2.41. The maximum atomic E-state index is 6.50. The molecule has 3 nitrogen and oxygen atoms in total. The molecule has 1 aromatic rings. The summed E-state index contributed by atoms with van der Waals surface area (Å²) in [6.07, 6.45) is 5.42. The van der Waals surface area contributed by atoms with E-state index in [1.54, 1.807) is 0 Å². The van der Waals surface area contributed by atoms with Gasteiger partial charge in [0.1, 0.15) is 0 Å². The fourth-order valence-corrected chi connectivity index (χ4v) is 4.28. The molecule has 2 N–H and O–H groups in total. The minimum absolute atomic E-state index is 0.0541. The number of halogens is 1. The van der Waals surface area contributed by atoms with Gasteiger partial charge in [-0.3, -0.25) is 4.68 Å². The van der Waals surface area contributed by atoms with Crippen molar-refractivity contribution in [2.45, 2.75) is 50.4 Å². The molecule has 0 saturated carbocycles. The molecule has 2 heterocycles. The lowest BCUT2D eigenvalue weighted by atomic mass is 9.94. The van der Waals surface area contributed by atoms with Crippen LogP contribution in [0.1, 0.15) is 44.8 Å². The van der Waals surface area contributed by atoms with Crippen LogP contribution in [0.25, 0.3) is 0 Å². The lowest BCUT2D eigenvalue weighted by molar-refractivity contribution is 0.453. The molecule has 1 saturated heterocycles. The zero-order valence-corrected chi connectivity index (χ0v) is 12.9. The summed E-state index contributed by atoms with van der Waals surface area (Å²) in [7, 11) is 0. The standard InChI is InChI=1S/C12H20BrN3S/c1-3-6-16-10(9(13)8-15-16)11(14)12(2)5-4-7-17-12/h8,11H,3-7,14H2,1-2H3. The molecule has 17 heavy (non-hydrogen) atoms. The monoisotopic (exact) mass is 317 g/mol. The first-order valence-electron chi connectivity index (χ1n) is 6.19. The molecule has 2 rings (SSSR count). The first kappa shape index (κ1) is 13.4. The predicted octanol–water partition coefficient (Wildman–Crippen LogP) is 3.34. The van der Waals surface area contributed by atoms with Crippen molar-refractivity contribution in [2.24, 2.45) is 5.73 Å². The number of hydrogen-bond donors (Lipinski definition) is 1. The Labute approximate surface area is 116 Å². The Morgan fingerprint density at radius 1 is 1.71 bits per heavy atom. The second-order valence-corrected chi connectivity index (χ2v) is 7.33. The molecule has 2 atom stereocenters. The van der Waals surface area contributed by atoms with Gasteiger partial charge in [-0.05, 0) is 47.9 Å². The molecule has 1 aliphatic rings. The van der Waals surface area contributed by atoms with Crippen molar-refractivity contribution in [3.8, 4) is 0 Å². The van der Waals surface area contributed by atoms with E-state index in [2.05, 4.69) is 39.6 Å². The third kappa shape index (κ3) is 2.56. The first-order valence-corrected chi connectivity index (χ1v) is 7.97. The number of thioether (sulfide) groups is 1. The normalized spacial score (nSPS) is 26.4. The van der Waals surface area contributed by atoms with Crippen LogP contribution in [0.5, 0.6) is 0 Å². The quantitative estimate of drug-likeness (QED) is 0.926. The summed E-state index contributed by atoms with van der Waals surface area (Å²) >= 11 is 5.59. The number of aryl methyl sites for hydroxylation is 1. The Kier molecular flexibility index (Phi) is 4.21. The van der Waals surface area contributed by atoms with Gasteiger partial charge in [0.25, 0.3) is 0 Å². The second-order valence-electron chi connectivity index (χ2n) is 4.84. The number of aromatic nitrogens is 2. The molecule has 1 fully saturated rings. The minimum Gasteiger partial charge on any atom is -0.321 e. The molecule has 0 radical (unpaired) electrons. The van der Waals surface area contributed by atoms with Gasteiger partial charge in [-0.2, -0.15) is 16.9 Å². The van der Waals surface area contributed by atoms with Gasteiger partial charge in [-0.25, -0.2) is 0 Å². The van der Waals surface area contributed by atoms with Crippen molar-refractivity contribution in [3.63, 3.8) is 0 Å². The molecular weight excluding hydrogens is 298 g/mol. The maximum absolute atomic E-state index is 6.50. The largest absolute Gasteiger partial charge is 0.321 e. The van der Waals surface area contributed by atoms with Crippen molar-refractivity contribution in [2.75, 3.05) is 5.75 Å². The molecule has 0 aliphatic carbocycles. The average Bonchev–Trinajstić information content (AvgIpc) is 2.87. The highest BCUT2D eigenvalue weighted by atomic mass is 79.9. The van der Waals surface area contributed by atoms with E-state index >= 15 is 0 Å². The molecule has 0 amide bonds. The first-order chi connectivity index (χ1) is 8.08. The third-order valence-corrected chi connectivity index (χ3v) is 5.69. The molecule has 96 valence electrons. The summed E-state index contributed by atoms with van der Waals surface area (Å²) in [6.45, 7) is 5.39. The van der Waals surface area contributed by atoms with E-state index in [1.807, 2.05) is 18.0 Å². The van der Waals surface area contributed by atoms with Crippen molar-refractivity contribution in [1.29, 1.82) is 0 Å². The SMILES string of the molecule is CCCn1ncc(Br)c1C(N)C1(C)CCCS1. The number of nitrogens with two attached hydrogens (primary N) is 1. The topological polar surface area (TPSA) is 43.8 Å². The highest BCUT2D eigenvalue weighted by molar-refractivity contribution is 9.10. The summed E-state index contributed by atoms with van der Waals surface area (Å²) in [5.74, 6) is 1.23. The van der Waals surface area contributed by atoms with E-state index in [9.17, 15) is 0 Å². The van der Waals surface area contributed by atoms with Crippen molar-refractivity contribution < 1.29 is 0 Å². The lowest BCUT2D eigenvalue weighted by Gasteiger charge is -2.31. The minimum atomic E-state index is 0.0541. The van der Waals surface area contributed by atoms with Gasteiger partial charge >= 0.3 is 0 Å². The van der Waals surface area contributed by atoms with Gasteiger partial charge in [-0.1, -0.05) is 6.92 Å².